The molecular formula is C16H16ClF2N. The highest BCUT2D eigenvalue weighted by Gasteiger charge is 2.15. The Balaban J connectivity index is 2.13. The molecule has 0 spiro atoms. The molecule has 0 saturated heterocycles. The molecule has 4 heteroatoms. The molecule has 0 aliphatic carbocycles. The predicted molar refractivity (Wildman–Crippen MR) is 77.8 cm³/mol. The summed E-state index contributed by atoms with van der Waals surface area (Å²) in [7, 11) is 0. The van der Waals surface area contributed by atoms with Gasteiger partial charge in [0.05, 0.1) is 0 Å². The molecule has 0 aliphatic heterocycles. The van der Waals surface area contributed by atoms with Gasteiger partial charge in [0.2, 0.25) is 0 Å². The van der Waals surface area contributed by atoms with E-state index in [2.05, 4.69) is 0 Å². The Kier molecular flexibility index (Phi) is 5.10. The van der Waals surface area contributed by atoms with Crippen molar-refractivity contribution in [2.24, 2.45) is 11.7 Å². The highest BCUT2D eigenvalue weighted by atomic mass is 35.5. The van der Waals surface area contributed by atoms with Crippen molar-refractivity contribution in [2.75, 3.05) is 6.54 Å². The van der Waals surface area contributed by atoms with Crippen molar-refractivity contribution < 1.29 is 8.78 Å². The van der Waals surface area contributed by atoms with Gasteiger partial charge >= 0.3 is 0 Å². The molecule has 0 heterocycles. The van der Waals surface area contributed by atoms with Gasteiger partial charge in [0.15, 0.2) is 0 Å². The van der Waals surface area contributed by atoms with E-state index in [0.717, 1.165) is 5.56 Å². The lowest BCUT2D eigenvalue weighted by molar-refractivity contribution is 0.485. The van der Waals surface area contributed by atoms with Crippen LogP contribution in [0.15, 0.2) is 42.5 Å². The van der Waals surface area contributed by atoms with Crippen LogP contribution in [0, 0.1) is 17.6 Å². The van der Waals surface area contributed by atoms with Crippen molar-refractivity contribution in [3.8, 4) is 0 Å². The number of halogens is 3. The quantitative estimate of drug-likeness (QED) is 0.887. The van der Waals surface area contributed by atoms with Gasteiger partial charge < -0.3 is 5.73 Å². The number of hydrogen-bond acceptors (Lipinski definition) is 1. The van der Waals surface area contributed by atoms with Crippen molar-refractivity contribution >= 4 is 11.6 Å². The molecule has 0 radical (unpaired) electrons. The Hall–Kier alpha value is -1.45. The van der Waals surface area contributed by atoms with E-state index in [1.54, 1.807) is 6.07 Å². The monoisotopic (exact) mass is 295 g/mol. The molecule has 0 aliphatic rings. The first kappa shape index (κ1) is 14.9. The molecule has 20 heavy (non-hydrogen) atoms. The number of rotatable bonds is 5. The standard InChI is InChI=1S/C16H16ClF2N/c17-13-4-1-3-11(8-13)7-12(10-20)9-14-15(18)5-2-6-16(14)19/h1-6,8,12H,7,9-10,20H2. The zero-order chi connectivity index (χ0) is 14.5. The molecule has 0 bridgehead atoms. The number of hydrogen-bond donors (Lipinski definition) is 1. The molecule has 2 aromatic rings. The van der Waals surface area contributed by atoms with E-state index in [1.165, 1.54) is 18.2 Å². The minimum absolute atomic E-state index is 0.0279. The van der Waals surface area contributed by atoms with Gasteiger partial charge in [-0.15, -0.1) is 0 Å². The minimum Gasteiger partial charge on any atom is -0.330 e. The smallest absolute Gasteiger partial charge is 0.129 e. The van der Waals surface area contributed by atoms with Gasteiger partial charge in [-0.2, -0.15) is 0 Å². The Bertz CT molecular complexity index is 566. The van der Waals surface area contributed by atoms with Gasteiger partial charge in [-0.3, -0.25) is 0 Å². The molecule has 0 saturated carbocycles. The van der Waals surface area contributed by atoms with E-state index in [4.69, 9.17) is 17.3 Å². The fraction of sp³-hybridized carbons (Fsp3) is 0.250. The second-order valence-electron chi connectivity index (χ2n) is 4.84. The van der Waals surface area contributed by atoms with Crippen LogP contribution < -0.4 is 5.73 Å². The van der Waals surface area contributed by atoms with E-state index < -0.39 is 11.6 Å². The molecule has 0 amide bonds. The lowest BCUT2D eigenvalue weighted by Crippen LogP contribution is -2.20. The number of benzene rings is 2. The molecule has 2 aromatic carbocycles. The molecule has 0 fully saturated rings. The maximum absolute atomic E-state index is 13.6. The van der Waals surface area contributed by atoms with Crippen LogP contribution in [0.5, 0.6) is 0 Å². The van der Waals surface area contributed by atoms with Crippen LogP contribution in [0.25, 0.3) is 0 Å². The highest BCUT2D eigenvalue weighted by molar-refractivity contribution is 6.30. The third-order valence-corrected chi connectivity index (χ3v) is 3.54. The average Bonchev–Trinajstić information content (AvgIpc) is 2.42. The Morgan fingerprint density at radius 1 is 1.00 bits per heavy atom. The SMILES string of the molecule is NCC(Cc1cccc(Cl)c1)Cc1c(F)cccc1F. The topological polar surface area (TPSA) is 26.0 Å². The Morgan fingerprint density at radius 3 is 2.25 bits per heavy atom. The molecule has 1 atom stereocenters. The summed E-state index contributed by atoms with van der Waals surface area (Å²) >= 11 is 5.93. The fourth-order valence-electron chi connectivity index (χ4n) is 2.25. The molecule has 2 N–H and O–H groups in total. The zero-order valence-electron chi connectivity index (χ0n) is 11.0. The maximum Gasteiger partial charge on any atom is 0.129 e. The summed E-state index contributed by atoms with van der Waals surface area (Å²) < 4.78 is 27.3. The van der Waals surface area contributed by atoms with Gasteiger partial charge in [0, 0.05) is 10.6 Å². The van der Waals surface area contributed by atoms with Crippen molar-refractivity contribution in [1.29, 1.82) is 0 Å². The third-order valence-electron chi connectivity index (χ3n) is 3.30. The molecule has 2 rings (SSSR count). The van der Waals surface area contributed by atoms with Gasteiger partial charge in [-0.05, 0) is 55.1 Å². The normalized spacial score (nSPS) is 12.4. The first-order valence-electron chi connectivity index (χ1n) is 6.47. The van der Waals surface area contributed by atoms with E-state index in [1.807, 2.05) is 18.2 Å². The largest absolute Gasteiger partial charge is 0.330 e. The van der Waals surface area contributed by atoms with E-state index in [0.29, 0.717) is 18.0 Å². The third kappa shape index (κ3) is 3.78. The van der Waals surface area contributed by atoms with Gasteiger partial charge in [0.25, 0.3) is 0 Å². The second kappa shape index (κ2) is 6.82. The predicted octanol–water partition coefficient (Wildman–Crippen LogP) is 3.98. The zero-order valence-corrected chi connectivity index (χ0v) is 11.7. The van der Waals surface area contributed by atoms with Gasteiger partial charge in [-0.25, -0.2) is 8.78 Å². The van der Waals surface area contributed by atoms with Crippen LogP contribution in [0.2, 0.25) is 5.02 Å². The van der Waals surface area contributed by atoms with Gasteiger partial charge in [-0.1, -0.05) is 29.8 Å². The Labute approximate surface area is 122 Å². The van der Waals surface area contributed by atoms with Crippen molar-refractivity contribution in [3.05, 3.63) is 70.2 Å². The highest BCUT2D eigenvalue weighted by Crippen LogP contribution is 2.20. The fourth-order valence-corrected chi connectivity index (χ4v) is 2.47. The van der Waals surface area contributed by atoms with E-state index in [-0.39, 0.29) is 17.9 Å². The first-order chi connectivity index (χ1) is 9.60. The van der Waals surface area contributed by atoms with Crippen LogP contribution in [0.1, 0.15) is 11.1 Å². The van der Waals surface area contributed by atoms with E-state index in [9.17, 15) is 8.78 Å². The molecule has 1 nitrogen and oxygen atoms in total. The molecule has 106 valence electrons. The molecule has 1 unspecified atom stereocenters. The summed E-state index contributed by atoms with van der Waals surface area (Å²) in [6.45, 7) is 0.361. The summed E-state index contributed by atoms with van der Waals surface area (Å²) in [5.41, 5.74) is 6.85. The maximum atomic E-state index is 13.6. The van der Waals surface area contributed by atoms with Crippen LogP contribution in [-0.4, -0.2) is 6.54 Å². The molecule has 0 aromatic heterocycles. The van der Waals surface area contributed by atoms with Crippen LogP contribution in [-0.2, 0) is 12.8 Å². The van der Waals surface area contributed by atoms with Crippen molar-refractivity contribution in [3.63, 3.8) is 0 Å². The van der Waals surface area contributed by atoms with Crippen LogP contribution in [0.4, 0.5) is 8.78 Å². The lowest BCUT2D eigenvalue weighted by atomic mass is 9.92. The van der Waals surface area contributed by atoms with Gasteiger partial charge in [0.1, 0.15) is 11.6 Å². The van der Waals surface area contributed by atoms with Crippen molar-refractivity contribution in [2.45, 2.75) is 12.8 Å². The minimum atomic E-state index is -0.519. The van der Waals surface area contributed by atoms with Crippen LogP contribution in [0.3, 0.4) is 0 Å². The summed E-state index contributed by atoms with van der Waals surface area (Å²) in [6, 6.07) is 11.3. The van der Waals surface area contributed by atoms with Crippen LogP contribution >= 0.6 is 11.6 Å². The molecular weight excluding hydrogens is 280 g/mol. The first-order valence-corrected chi connectivity index (χ1v) is 6.85. The summed E-state index contributed by atoms with van der Waals surface area (Å²) in [5, 5.41) is 0.648. The summed E-state index contributed by atoms with van der Waals surface area (Å²) in [6.07, 6.45) is 0.923. The van der Waals surface area contributed by atoms with Crippen molar-refractivity contribution in [1.82, 2.24) is 0 Å². The number of nitrogens with two attached hydrogens (primary N) is 1. The van der Waals surface area contributed by atoms with E-state index >= 15 is 0 Å². The summed E-state index contributed by atoms with van der Waals surface area (Å²) in [5.74, 6) is -1.07. The average molecular weight is 296 g/mol. The summed E-state index contributed by atoms with van der Waals surface area (Å²) in [4.78, 5) is 0. The Morgan fingerprint density at radius 2 is 1.65 bits per heavy atom. The second-order valence-corrected chi connectivity index (χ2v) is 5.28. The lowest BCUT2D eigenvalue weighted by Gasteiger charge is -2.16.